The number of nitro benzene ring substituents is 1. The molecule has 4 N–H and O–H groups in total. The number of nitro groups is 1. The lowest BCUT2D eigenvalue weighted by Gasteiger charge is -2.25. The molecule has 0 unspecified atom stereocenters. The average Bonchev–Trinajstić information content (AvgIpc) is 3.12. The number of nitrogen functional groups attached to an aromatic ring is 1. The number of rotatable bonds is 7. The van der Waals surface area contributed by atoms with Gasteiger partial charge in [-0.3, -0.25) is 10.1 Å². The Hall–Kier alpha value is -2.65. The molecule has 2 aromatic rings. The normalized spacial score (nSPS) is 15.9. The Labute approximate surface area is 169 Å². The second-order valence-electron chi connectivity index (χ2n) is 6.62. The number of halogens is 1. The fourth-order valence-electron chi connectivity index (χ4n) is 3.31. The molecule has 9 nitrogen and oxygen atoms in total. The van der Waals surface area contributed by atoms with Crippen LogP contribution in [0.2, 0.25) is 0 Å². The molecule has 1 atom stereocenters. The van der Waals surface area contributed by atoms with Crippen LogP contribution in [0.25, 0.3) is 0 Å². The van der Waals surface area contributed by atoms with Crippen molar-refractivity contribution in [2.75, 3.05) is 29.1 Å². The van der Waals surface area contributed by atoms with Crippen LogP contribution in [0.5, 0.6) is 0 Å². The number of aryl methyl sites for hydroxylation is 1. The Morgan fingerprint density at radius 1 is 1.39 bits per heavy atom. The first kappa shape index (κ1) is 21.6. The first-order valence-corrected chi connectivity index (χ1v) is 9.08. The van der Waals surface area contributed by atoms with E-state index in [1.54, 1.807) is 6.07 Å². The minimum absolute atomic E-state index is 0. The zero-order valence-electron chi connectivity index (χ0n) is 15.7. The molecule has 0 amide bonds. The highest BCUT2D eigenvalue weighted by Gasteiger charge is 2.26. The Morgan fingerprint density at radius 3 is 2.86 bits per heavy atom. The van der Waals surface area contributed by atoms with E-state index in [-0.39, 0.29) is 36.4 Å². The van der Waals surface area contributed by atoms with Gasteiger partial charge in [-0.1, -0.05) is 13.3 Å². The zero-order valence-corrected chi connectivity index (χ0v) is 16.5. The van der Waals surface area contributed by atoms with Crippen molar-refractivity contribution in [3.8, 4) is 0 Å². The Morgan fingerprint density at radius 2 is 2.18 bits per heavy atom. The van der Waals surface area contributed by atoms with E-state index in [1.807, 2.05) is 6.07 Å². The van der Waals surface area contributed by atoms with E-state index >= 15 is 0 Å². The van der Waals surface area contributed by atoms with Crippen molar-refractivity contribution in [2.24, 2.45) is 0 Å². The van der Waals surface area contributed by atoms with Gasteiger partial charge in [-0.25, -0.2) is 4.98 Å². The minimum atomic E-state index is -0.517. The van der Waals surface area contributed by atoms with Gasteiger partial charge in [-0.2, -0.15) is 4.98 Å². The van der Waals surface area contributed by atoms with Crippen molar-refractivity contribution in [1.82, 2.24) is 9.97 Å². The van der Waals surface area contributed by atoms with E-state index in [2.05, 4.69) is 27.1 Å². The van der Waals surface area contributed by atoms with Crippen LogP contribution in [0, 0.1) is 10.1 Å². The second kappa shape index (κ2) is 9.52. The summed E-state index contributed by atoms with van der Waals surface area (Å²) < 4.78 is 0. The predicted molar refractivity (Wildman–Crippen MR) is 112 cm³/mol. The van der Waals surface area contributed by atoms with E-state index in [4.69, 9.17) is 5.73 Å². The smallest absolute Gasteiger partial charge is 0.294 e. The summed E-state index contributed by atoms with van der Waals surface area (Å²) in [6, 6.07) is 6.52. The fourth-order valence-corrected chi connectivity index (χ4v) is 3.31. The molecule has 28 heavy (non-hydrogen) atoms. The van der Waals surface area contributed by atoms with Gasteiger partial charge in [0.25, 0.3) is 5.69 Å². The topological polar surface area (TPSA) is 130 Å². The molecule has 0 bridgehead atoms. The van der Waals surface area contributed by atoms with Gasteiger partial charge in [0.2, 0.25) is 5.95 Å². The number of nitrogens with two attached hydrogens (primary N) is 1. The lowest BCUT2D eigenvalue weighted by Crippen LogP contribution is -2.33. The van der Waals surface area contributed by atoms with Gasteiger partial charge in [-0.05, 0) is 31.4 Å². The number of benzene rings is 1. The molecule has 1 aromatic heterocycles. The first-order valence-electron chi connectivity index (χ1n) is 9.08. The van der Waals surface area contributed by atoms with E-state index in [1.165, 1.54) is 12.1 Å². The Balaban J connectivity index is 0.00000280. The number of aromatic nitrogens is 2. The molecule has 0 spiro atoms. The van der Waals surface area contributed by atoms with Crippen molar-refractivity contribution < 1.29 is 10.0 Å². The summed E-state index contributed by atoms with van der Waals surface area (Å²) in [7, 11) is 0. The van der Waals surface area contributed by atoms with E-state index in [9.17, 15) is 15.2 Å². The van der Waals surface area contributed by atoms with Crippen molar-refractivity contribution in [2.45, 2.75) is 38.6 Å². The lowest BCUT2D eigenvalue weighted by molar-refractivity contribution is -0.383. The summed E-state index contributed by atoms with van der Waals surface area (Å²) in [5, 5.41) is 23.8. The fraction of sp³-hybridized carbons (Fsp3) is 0.444. The number of aliphatic hydroxyl groups is 1. The summed E-state index contributed by atoms with van der Waals surface area (Å²) in [5.74, 6) is 1.14. The molecule has 3 rings (SSSR count). The third-order valence-corrected chi connectivity index (χ3v) is 4.64. The Bertz CT molecular complexity index is 835. The molecule has 10 heteroatoms. The van der Waals surface area contributed by atoms with Crippen molar-refractivity contribution in [3.05, 3.63) is 40.1 Å². The quantitative estimate of drug-likeness (QED) is 0.362. The third-order valence-electron chi connectivity index (χ3n) is 4.64. The molecule has 1 aromatic carbocycles. The maximum Gasteiger partial charge on any atom is 0.294 e. The maximum atomic E-state index is 11.1. The van der Waals surface area contributed by atoms with Crippen LogP contribution in [-0.2, 0) is 6.42 Å². The minimum Gasteiger partial charge on any atom is -0.394 e. The molecular weight excluding hydrogens is 384 g/mol. The zero-order chi connectivity index (χ0) is 19.4. The number of nitrogens with zero attached hydrogens (tertiary/aromatic N) is 4. The summed E-state index contributed by atoms with van der Waals surface area (Å²) in [6.07, 6.45) is 3.66. The molecule has 0 radical (unpaired) electrons. The van der Waals surface area contributed by atoms with Crippen LogP contribution in [0.15, 0.2) is 24.3 Å². The highest BCUT2D eigenvalue weighted by atomic mass is 35.5. The van der Waals surface area contributed by atoms with Gasteiger partial charge in [0.15, 0.2) is 0 Å². The van der Waals surface area contributed by atoms with Crippen LogP contribution < -0.4 is 16.0 Å². The number of hydrogen-bond donors (Lipinski definition) is 3. The molecule has 2 heterocycles. The predicted octanol–water partition coefficient (Wildman–Crippen LogP) is 3.05. The number of anilines is 4. The van der Waals surface area contributed by atoms with Gasteiger partial charge in [-0.15, -0.1) is 12.4 Å². The van der Waals surface area contributed by atoms with Crippen LogP contribution in [0.4, 0.5) is 28.8 Å². The average molecular weight is 409 g/mol. The maximum absolute atomic E-state index is 11.1. The van der Waals surface area contributed by atoms with E-state index in [0.717, 1.165) is 43.7 Å². The van der Waals surface area contributed by atoms with Crippen LogP contribution in [0.1, 0.15) is 31.9 Å². The van der Waals surface area contributed by atoms with Crippen molar-refractivity contribution >= 4 is 41.2 Å². The van der Waals surface area contributed by atoms with Crippen LogP contribution >= 0.6 is 12.4 Å². The summed E-state index contributed by atoms with van der Waals surface area (Å²) in [5.41, 5.74) is 6.98. The summed E-state index contributed by atoms with van der Waals surface area (Å²) in [6.45, 7) is 2.99. The standard InChI is InChI=1S/C18H24N6O3.ClH/c1-2-4-12-10-17(23-8-3-5-14(23)11-25)22-18(20-12)21-13-6-7-15(19)16(9-13)24(26)27;/h6-7,9-10,14,25H,2-5,8,11,19H2,1H3,(H,20,21,22);1H/t14-;/m0./s1. The third kappa shape index (κ3) is 4.79. The molecule has 0 aliphatic carbocycles. The summed E-state index contributed by atoms with van der Waals surface area (Å²) >= 11 is 0. The molecule has 1 aliphatic heterocycles. The van der Waals surface area contributed by atoms with Gasteiger partial charge in [0.1, 0.15) is 11.5 Å². The second-order valence-corrected chi connectivity index (χ2v) is 6.62. The summed E-state index contributed by atoms with van der Waals surface area (Å²) in [4.78, 5) is 21.8. The highest BCUT2D eigenvalue weighted by molar-refractivity contribution is 5.85. The molecule has 1 fully saturated rings. The van der Waals surface area contributed by atoms with Gasteiger partial charge < -0.3 is 21.1 Å². The van der Waals surface area contributed by atoms with Crippen LogP contribution in [0.3, 0.4) is 0 Å². The molecule has 1 saturated heterocycles. The lowest BCUT2D eigenvalue weighted by atomic mass is 10.2. The van der Waals surface area contributed by atoms with E-state index in [0.29, 0.717) is 11.6 Å². The molecule has 1 aliphatic rings. The van der Waals surface area contributed by atoms with Gasteiger partial charge >= 0.3 is 0 Å². The number of nitrogens with one attached hydrogen (secondary N) is 1. The SMILES string of the molecule is CCCc1cc(N2CCC[C@H]2CO)nc(Nc2ccc(N)c([N+](=O)[O-])c2)n1.Cl. The van der Waals surface area contributed by atoms with Gasteiger partial charge in [0, 0.05) is 30.1 Å². The largest absolute Gasteiger partial charge is 0.394 e. The molecule has 0 saturated carbocycles. The molecule has 152 valence electrons. The number of hydrogen-bond acceptors (Lipinski definition) is 8. The highest BCUT2D eigenvalue weighted by Crippen LogP contribution is 2.29. The van der Waals surface area contributed by atoms with Crippen LogP contribution in [-0.4, -0.2) is 39.2 Å². The Kier molecular flexibility index (Phi) is 7.36. The first-order chi connectivity index (χ1) is 13.0. The monoisotopic (exact) mass is 408 g/mol. The van der Waals surface area contributed by atoms with Crippen molar-refractivity contribution in [1.29, 1.82) is 0 Å². The van der Waals surface area contributed by atoms with Crippen molar-refractivity contribution in [3.63, 3.8) is 0 Å². The van der Waals surface area contributed by atoms with E-state index < -0.39 is 4.92 Å². The number of aliphatic hydroxyl groups excluding tert-OH is 1. The molecular formula is C18H25ClN6O3. The van der Waals surface area contributed by atoms with Gasteiger partial charge in [0.05, 0.1) is 17.6 Å².